The first kappa shape index (κ1) is 21.9. The zero-order chi connectivity index (χ0) is 22.7. The lowest BCUT2D eigenvalue weighted by atomic mass is 9.83. The van der Waals surface area contributed by atoms with E-state index in [4.69, 9.17) is 4.74 Å². The van der Waals surface area contributed by atoms with E-state index in [9.17, 15) is 13.6 Å². The van der Waals surface area contributed by atoms with Gasteiger partial charge >= 0.3 is 0 Å². The largest absolute Gasteiger partial charge is 0.475 e. The number of nitrogens with one attached hydrogen (secondary N) is 2. The molecule has 0 spiro atoms. The van der Waals surface area contributed by atoms with E-state index in [2.05, 4.69) is 25.5 Å². The molecule has 0 aromatic carbocycles. The normalized spacial score (nSPS) is 16.2. The first-order chi connectivity index (χ1) is 15.3. The second-order valence-corrected chi connectivity index (χ2v) is 8.21. The van der Waals surface area contributed by atoms with Gasteiger partial charge in [0.15, 0.2) is 0 Å². The van der Waals surface area contributed by atoms with Crippen molar-refractivity contribution in [2.45, 2.75) is 57.5 Å². The molecule has 3 aromatic rings. The SMILES string of the molecule is CC(C)Oc1ccc(C(=O)Nc2c(-c3cc[nH]n3)ccnc2C2CCC(F)(F)CC2)cn1. The minimum atomic E-state index is -2.65. The van der Waals surface area contributed by atoms with Gasteiger partial charge in [0.25, 0.3) is 5.91 Å². The molecule has 0 unspecified atom stereocenters. The molecule has 3 aromatic heterocycles. The third kappa shape index (κ3) is 4.92. The molecule has 0 radical (unpaired) electrons. The number of ether oxygens (including phenoxy) is 1. The van der Waals surface area contributed by atoms with Crippen LogP contribution in [0.25, 0.3) is 11.3 Å². The highest BCUT2D eigenvalue weighted by atomic mass is 19.3. The number of aromatic amines is 1. The molecule has 0 bridgehead atoms. The van der Waals surface area contributed by atoms with Gasteiger partial charge in [-0.2, -0.15) is 5.10 Å². The highest BCUT2D eigenvalue weighted by Gasteiger charge is 2.37. The summed E-state index contributed by atoms with van der Waals surface area (Å²) in [6, 6.07) is 6.80. The second-order valence-electron chi connectivity index (χ2n) is 8.21. The zero-order valence-corrected chi connectivity index (χ0v) is 17.9. The number of aromatic nitrogens is 4. The van der Waals surface area contributed by atoms with Crippen molar-refractivity contribution in [3.05, 3.63) is 54.1 Å². The van der Waals surface area contributed by atoms with E-state index in [1.807, 2.05) is 13.8 Å². The quantitative estimate of drug-likeness (QED) is 0.549. The molecule has 0 aliphatic heterocycles. The molecule has 1 saturated carbocycles. The number of carbonyl (C=O) groups excluding carboxylic acids is 1. The first-order valence-corrected chi connectivity index (χ1v) is 10.6. The zero-order valence-electron chi connectivity index (χ0n) is 17.9. The molecule has 0 atom stereocenters. The molecule has 4 rings (SSSR count). The minimum absolute atomic E-state index is 0.0283. The van der Waals surface area contributed by atoms with E-state index in [1.165, 1.54) is 6.20 Å². The molecular weight excluding hydrogens is 416 g/mol. The number of H-pyrrole nitrogens is 1. The van der Waals surface area contributed by atoms with Gasteiger partial charge in [-0.3, -0.25) is 14.9 Å². The van der Waals surface area contributed by atoms with Crippen molar-refractivity contribution in [1.29, 1.82) is 0 Å². The summed E-state index contributed by atoms with van der Waals surface area (Å²) in [4.78, 5) is 21.7. The fourth-order valence-electron chi connectivity index (χ4n) is 3.87. The average molecular weight is 441 g/mol. The number of halogens is 2. The first-order valence-electron chi connectivity index (χ1n) is 10.6. The Bertz CT molecular complexity index is 1060. The number of nitrogens with zero attached hydrogens (tertiary/aromatic N) is 3. The van der Waals surface area contributed by atoms with Crippen molar-refractivity contribution in [1.82, 2.24) is 20.2 Å². The molecule has 1 aliphatic rings. The van der Waals surface area contributed by atoms with E-state index in [0.717, 1.165) is 0 Å². The van der Waals surface area contributed by atoms with Crippen molar-refractivity contribution in [3.8, 4) is 17.1 Å². The lowest BCUT2D eigenvalue weighted by molar-refractivity contribution is -0.0384. The van der Waals surface area contributed by atoms with E-state index in [1.54, 1.807) is 36.7 Å². The van der Waals surface area contributed by atoms with Crippen molar-refractivity contribution in [2.24, 2.45) is 0 Å². The van der Waals surface area contributed by atoms with E-state index < -0.39 is 5.92 Å². The highest BCUT2D eigenvalue weighted by molar-refractivity contribution is 6.06. The Morgan fingerprint density at radius 3 is 2.59 bits per heavy atom. The van der Waals surface area contributed by atoms with Gasteiger partial charge in [0.05, 0.1) is 28.7 Å². The maximum atomic E-state index is 13.7. The van der Waals surface area contributed by atoms with Crippen LogP contribution in [0.2, 0.25) is 0 Å². The summed E-state index contributed by atoms with van der Waals surface area (Å²) in [6.45, 7) is 3.79. The van der Waals surface area contributed by atoms with Gasteiger partial charge in [0.1, 0.15) is 0 Å². The summed E-state index contributed by atoms with van der Waals surface area (Å²) >= 11 is 0. The lowest BCUT2D eigenvalue weighted by Crippen LogP contribution is -2.25. The topological polar surface area (TPSA) is 92.8 Å². The number of rotatable bonds is 6. The smallest absolute Gasteiger partial charge is 0.257 e. The van der Waals surface area contributed by atoms with Crippen LogP contribution in [0.4, 0.5) is 14.5 Å². The summed E-state index contributed by atoms with van der Waals surface area (Å²) in [5.41, 5.74) is 2.74. The van der Waals surface area contributed by atoms with Crippen LogP contribution in [0.1, 0.15) is 61.5 Å². The third-order valence-electron chi connectivity index (χ3n) is 5.45. The average Bonchev–Trinajstić information content (AvgIpc) is 3.29. The fourth-order valence-corrected chi connectivity index (χ4v) is 3.87. The van der Waals surface area contributed by atoms with Crippen LogP contribution in [-0.2, 0) is 0 Å². The summed E-state index contributed by atoms with van der Waals surface area (Å²) in [5.74, 6) is -2.77. The number of hydrogen-bond acceptors (Lipinski definition) is 5. The maximum absolute atomic E-state index is 13.7. The lowest BCUT2D eigenvalue weighted by Gasteiger charge is -2.29. The second kappa shape index (κ2) is 9.02. The number of pyridine rings is 2. The molecule has 3 heterocycles. The molecule has 32 heavy (non-hydrogen) atoms. The van der Waals surface area contributed by atoms with Crippen molar-refractivity contribution in [3.63, 3.8) is 0 Å². The minimum Gasteiger partial charge on any atom is -0.475 e. The van der Waals surface area contributed by atoms with Gasteiger partial charge in [0.2, 0.25) is 11.8 Å². The predicted molar refractivity (Wildman–Crippen MR) is 116 cm³/mol. The summed E-state index contributed by atoms with van der Waals surface area (Å²) < 4.78 is 33.0. The van der Waals surface area contributed by atoms with Gasteiger partial charge in [-0.15, -0.1) is 0 Å². The molecule has 1 fully saturated rings. The Morgan fingerprint density at radius 1 is 1.19 bits per heavy atom. The fraction of sp³-hybridized carbons (Fsp3) is 0.391. The van der Waals surface area contributed by atoms with Crippen molar-refractivity contribution < 1.29 is 18.3 Å². The molecule has 9 heteroatoms. The van der Waals surface area contributed by atoms with Crippen LogP contribution in [0.3, 0.4) is 0 Å². The van der Waals surface area contributed by atoms with Crippen LogP contribution in [0, 0.1) is 0 Å². The molecule has 168 valence electrons. The number of hydrogen-bond donors (Lipinski definition) is 2. The van der Waals surface area contributed by atoms with E-state index >= 15 is 0 Å². The van der Waals surface area contributed by atoms with Gasteiger partial charge in [-0.05, 0) is 44.9 Å². The molecule has 2 N–H and O–H groups in total. The van der Waals surface area contributed by atoms with Crippen LogP contribution < -0.4 is 10.1 Å². The number of carbonyl (C=O) groups is 1. The van der Waals surface area contributed by atoms with Gasteiger partial charge in [-0.1, -0.05) is 0 Å². The van der Waals surface area contributed by atoms with Crippen LogP contribution in [-0.4, -0.2) is 38.1 Å². The number of amides is 1. The Labute approximate surface area is 184 Å². The Morgan fingerprint density at radius 2 is 1.97 bits per heavy atom. The molecule has 1 amide bonds. The third-order valence-corrected chi connectivity index (χ3v) is 5.45. The maximum Gasteiger partial charge on any atom is 0.257 e. The Hall–Kier alpha value is -3.36. The Balaban J connectivity index is 1.64. The molecule has 0 saturated heterocycles. The monoisotopic (exact) mass is 441 g/mol. The van der Waals surface area contributed by atoms with Crippen LogP contribution >= 0.6 is 0 Å². The van der Waals surface area contributed by atoms with E-state index in [0.29, 0.717) is 46.9 Å². The molecular formula is C23H25F2N5O2. The van der Waals surface area contributed by atoms with Gasteiger partial charge in [0, 0.05) is 49.0 Å². The molecule has 1 aliphatic carbocycles. The summed E-state index contributed by atoms with van der Waals surface area (Å²) in [7, 11) is 0. The standard InChI is InChI=1S/C23H25F2N5O2/c1-14(2)32-19-4-3-16(13-27-19)22(31)29-21-17(18-8-12-28-30-18)7-11-26-20(21)15-5-9-23(24,25)10-6-15/h3-4,7-8,11-15H,5-6,9-10H2,1-2H3,(H,28,30)(H,29,31). The van der Waals surface area contributed by atoms with Gasteiger partial charge < -0.3 is 10.1 Å². The van der Waals surface area contributed by atoms with Crippen LogP contribution in [0.5, 0.6) is 5.88 Å². The number of alkyl halides is 2. The highest BCUT2D eigenvalue weighted by Crippen LogP contribution is 2.44. The number of anilines is 1. The van der Waals surface area contributed by atoms with Crippen molar-refractivity contribution >= 4 is 11.6 Å². The van der Waals surface area contributed by atoms with Crippen molar-refractivity contribution in [2.75, 3.05) is 5.32 Å². The van der Waals surface area contributed by atoms with Gasteiger partial charge in [-0.25, -0.2) is 13.8 Å². The van der Waals surface area contributed by atoms with Crippen LogP contribution in [0.15, 0.2) is 42.9 Å². The summed E-state index contributed by atoms with van der Waals surface area (Å²) in [5, 5.41) is 9.93. The predicted octanol–water partition coefficient (Wildman–Crippen LogP) is 5.20. The molecule has 7 nitrogen and oxygen atoms in total. The Kier molecular flexibility index (Phi) is 6.16. The summed E-state index contributed by atoms with van der Waals surface area (Å²) in [6.07, 6.45) is 4.94. The van der Waals surface area contributed by atoms with E-state index in [-0.39, 0.29) is 30.8 Å².